The molecule has 3 aromatic rings. The number of benzene rings is 3. The molecule has 1 atom stereocenters. The SMILES string of the molecule is CC(c1ccc(O)cc1)c1ccc(OC(=O)c2ccc(C=O)cc2)cc1. The fraction of sp³-hybridized carbons (Fsp3) is 0.0909. The van der Waals surface area contributed by atoms with Gasteiger partial charge in [-0.2, -0.15) is 0 Å². The summed E-state index contributed by atoms with van der Waals surface area (Å²) in [6.07, 6.45) is 0.725. The van der Waals surface area contributed by atoms with E-state index in [2.05, 4.69) is 6.92 Å². The van der Waals surface area contributed by atoms with Crippen molar-refractivity contribution in [2.45, 2.75) is 12.8 Å². The second-order valence-electron chi connectivity index (χ2n) is 6.01. The Morgan fingerprint density at radius 2 is 1.42 bits per heavy atom. The van der Waals surface area contributed by atoms with E-state index in [0.29, 0.717) is 16.9 Å². The number of aldehydes is 1. The number of hydrogen-bond acceptors (Lipinski definition) is 4. The van der Waals surface area contributed by atoms with Crippen molar-refractivity contribution in [1.82, 2.24) is 0 Å². The standard InChI is InChI=1S/C22H18O4/c1-15(17-6-10-20(24)11-7-17)18-8-12-21(13-9-18)26-22(25)19-4-2-16(14-23)3-5-19/h2-15,24H,1H3. The number of aromatic hydroxyl groups is 1. The maximum atomic E-state index is 12.2. The molecule has 0 aliphatic carbocycles. The number of carbonyl (C=O) groups is 2. The van der Waals surface area contributed by atoms with Gasteiger partial charge in [0, 0.05) is 11.5 Å². The Morgan fingerprint density at radius 1 is 0.885 bits per heavy atom. The van der Waals surface area contributed by atoms with Crippen LogP contribution in [0, 0.1) is 0 Å². The highest BCUT2D eigenvalue weighted by Crippen LogP contribution is 2.27. The van der Waals surface area contributed by atoms with Crippen molar-refractivity contribution in [2.24, 2.45) is 0 Å². The Morgan fingerprint density at radius 3 is 1.96 bits per heavy atom. The van der Waals surface area contributed by atoms with Gasteiger partial charge in [-0.05, 0) is 47.5 Å². The van der Waals surface area contributed by atoms with E-state index in [1.165, 1.54) is 0 Å². The van der Waals surface area contributed by atoms with Crippen LogP contribution < -0.4 is 4.74 Å². The van der Waals surface area contributed by atoms with Crippen LogP contribution in [0.4, 0.5) is 0 Å². The van der Waals surface area contributed by atoms with Crippen molar-refractivity contribution in [3.8, 4) is 11.5 Å². The Hall–Kier alpha value is -3.40. The predicted octanol–water partition coefficient (Wildman–Crippen LogP) is 4.58. The molecule has 0 saturated carbocycles. The molecule has 0 bridgehead atoms. The zero-order valence-electron chi connectivity index (χ0n) is 14.3. The molecule has 3 aromatic carbocycles. The van der Waals surface area contributed by atoms with Crippen LogP contribution in [0.15, 0.2) is 72.8 Å². The molecule has 1 unspecified atom stereocenters. The highest BCUT2D eigenvalue weighted by Gasteiger charge is 2.11. The van der Waals surface area contributed by atoms with Crippen molar-refractivity contribution in [3.05, 3.63) is 95.1 Å². The van der Waals surface area contributed by atoms with Gasteiger partial charge in [0.25, 0.3) is 0 Å². The molecule has 4 nitrogen and oxygen atoms in total. The molecule has 0 fully saturated rings. The van der Waals surface area contributed by atoms with Gasteiger partial charge in [-0.1, -0.05) is 43.3 Å². The number of esters is 1. The molecule has 0 radical (unpaired) electrons. The van der Waals surface area contributed by atoms with Crippen molar-refractivity contribution in [2.75, 3.05) is 0 Å². The lowest BCUT2D eigenvalue weighted by Gasteiger charge is -2.13. The summed E-state index contributed by atoms with van der Waals surface area (Å²) in [5.41, 5.74) is 3.06. The van der Waals surface area contributed by atoms with E-state index in [9.17, 15) is 14.7 Å². The van der Waals surface area contributed by atoms with Crippen molar-refractivity contribution < 1.29 is 19.4 Å². The molecular formula is C22H18O4. The zero-order chi connectivity index (χ0) is 18.5. The van der Waals surface area contributed by atoms with E-state index in [1.54, 1.807) is 48.5 Å². The molecule has 130 valence electrons. The first-order valence-electron chi connectivity index (χ1n) is 8.23. The van der Waals surface area contributed by atoms with Crippen molar-refractivity contribution >= 4 is 12.3 Å². The molecule has 3 rings (SSSR count). The summed E-state index contributed by atoms with van der Waals surface area (Å²) >= 11 is 0. The number of phenolic OH excluding ortho intramolecular Hbond substituents is 1. The second kappa shape index (κ2) is 7.66. The zero-order valence-corrected chi connectivity index (χ0v) is 14.3. The minimum atomic E-state index is -0.471. The molecule has 0 aromatic heterocycles. The highest BCUT2D eigenvalue weighted by molar-refractivity contribution is 5.91. The maximum Gasteiger partial charge on any atom is 0.343 e. The van der Waals surface area contributed by atoms with E-state index in [0.717, 1.165) is 17.4 Å². The molecule has 4 heteroatoms. The number of hydrogen-bond donors (Lipinski definition) is 1. The van der Waals surface area contributed by atoms with Crippen LogP contribution in [0.1, 0.15) is 44.7 Å². The summed E-state index contributed by atoms with van der Waals surface area (Å²) in [6.45, 7) is 2.07. The third-order valence-electron chi connectivity index (χ3n) is 4.27. The Labute approximate surface area is 151 Å². The minimum absolute atomic E-state index is 0.149. The molecule has 0 amide bonds. The molecule has 0 aliphatic heterocycles. The second-order valence-corrected chi connectivity index (χ2v) is 6.01. The third kappa shape index (κ3) is 3.98. The monoisotopic (exact) mass is 346 g/mol. The third-order valence-corrected chi connectivity index (χ3v) is 4.27. The van der Waals surface area contributed by atoms with Crippen LogP contribution in [-0.2, 0) is 0 Å². The van der Waals surface area contributed by atoms with E-state index in [1.807, 2.05) is 24.3 Å². The average molecular weight is 346 g/mol. The van der Waals surface area contributed by atoms with Gasteiger partial charge in [-0.3, -0.25) is 4.79 Å². The van der Waals surface area contributed by atoms with Gasteiger partial charge in [0.05, 0.1) is 5.56 Å². The summed E-state index contributed by atoms with van der Waals surface area (Å²) in [4.78, 5) is 22.8. The highest BCUT2D eigenvalue weighted by atomic mass is 16.5. The van der Waals surface area contributed by atoms with Gasteiger partial charge < -0.3 is 9.84 Å². The van der Waals surface area contributed by atoms with Crippen LogP contribution in [0.3, 0.4) is 0 Å². The normalized spacial score (nSPS) is 11.6. The Kier molecular flexibility index (Phi) is 5.13. The van der Waals surface area contributed by atoms with Gasteiger partial charge in [-0.25, -0.2) is 4.79 Å². The lowest BCUT2D eigenvalue weighted by Crippen LogP contribution is -2.08. The van der Waals surface area contributed by atoms with E-state index < -0.39 is 5.97 Å². The quantitative estimate of drug-likeness (QED) is 0.417. The van der Waals surface area contributed by atoms with Crippen LogP contribution >= 0.6 is 0 Å². The summed E-state index contributed by atoms with van der Waals surface area (Å²) < 4.78 is 5.37. The summed E-state index contributed by atoms with van der Waals surface area (Å²) in [5, 5.41) is 9.39. The lowest BCUT2D eigenvalue weighted by molar-refractivity contribution is 0.0734. The van der Waals surface area contributed by atoms with Crippen LogP contribution in [-0.4, -0.2) is 17.4 Å². The molecule has 0 spiro atoms. The Balaban J connectivity index is 1.69. The molecular weight excluding hydrogens is 328 g/mol. The summed E-state index contributed by atoms with van der Waals surface area (Å²) in [5.74, 6) is 0.374. The van der Waals surface area contributed by atoms with E-state index in [-0.39, 0.29) is 11.7 Å². The largest absolute Gasteiger partial charge is 0.508 e. The van der Waals surface area contributed by atoms with Crippen LogP contribution in [0.5, 0.6) is 11.5 Å². The molecule has 0 aliphatic rings. The number of ether oxygens (including phenoxy) is 1. The fourth-order valence-corrected chi connectivity index (χ4v) is 2.64. The molecule has 1 N–H and O–H groups in total. The first-order chi connectivity index (χ1) is 12.6. The van der Waals surface area contributed by atoms with Crippen molar-refractivity contribution in [1.29, 1.82) is 0 Å². The number of phenols is 1. The summed E-state index contributed by atoms with van der Waals surface area (Å²) in [6, 6.07) is 20.7. The minimum Gasteiger partial charge on any atom is -0.508 e. The Bertz CT molecular complexity index is 894. The van der Waals surface area contributed by atoms with Gasteiger partial charge >= 0.3 is 5.97 Å². The maximum absolute atomic E-state index is 12.2. The lowest BCUT2D eigenvalue weighted by atomic mass is 9.93. The molecule has 0 saturated heterocycles. The van der Waals surface area contributed by atoms with Crippen LogP contribution in [0.2, 0.25) is 0 Å². The first-order valence-corrected chi connectivity index (χ1v) is 8.23. The topological polar surface area (TPSA) is 63.6 Å². The van der Waals surface area contributed by atoms with Gasteiger partial charge in [0.15, 0.2) is 0 Å². The summed E-state index contributed by atoms with van der Waals surface area (Å²) in [7, 11) is 0. The first kappa shape index (κ1) is 17.4. The van der Waals surface area contributed by atoms with Crippen molar-refractivity contribution in [3.63, 3.8) is 0 Å². The van der Waals surface area contributed by atoms with Gasteiger partial charge in [0.1, 0.15) is 17.8 Å². The average Bonchev–Trinajstić information content (AvgIpc) is 2.68. The van der Waals surface area contributed by atoms with Crippen LogP contribution in [0.25, 0.3) is 0 Å². The predicted molar refractivity (Wildman–Crippen MR) is 98.9 cm³/mol. The van der Waals surface area contributed by atoms with Gasteiger partial charge in [-0.15, -0.1) is 0 Å². The van der Waals surface area contributed by atoms with E-state index in [4.69, 9.17) is 4.74 Å². The molecule has 26 heavy (non-hydrogen) atoms. The van der Waals surface area contributed by atoms with E-state index >= 15 is 0 Å². The smallest absolute Gasteiger partial charge is 0.343 e. The molecule has 0 heterocycles. The number of carbonyl (C=O) groups excluding carboxylic acids is 2. The fourth-order valence-electron chi connectivity index (χ4n) is 2.64. The number of rotatable bonds is 5. The van der Waals surface area contributed by atoms with Gasteiger partial charge in [0.2, 0.25) is 0 Å².